The molecule has 4 bridgehead atoms. The summed E-state index contributed by atoms with van der Waals surface area (Å²) >= 11 is 0. The number of ether oxygens (including phenoxy) is 4. The predicted octanol–water partition coefficient (Wildman–Crippen LogP) is 7.19. The maximum atomic E-state index is 14.1. The van der Waals surface area contributed by atoms with Crippen molar-refractivity contribution in [3.8, 4) is 23.3 Å². The minimum Gasteiger partial charge on any atom is -0.480 e. The quantitative estimate of drug-likeness (QED) is 0.118. The van der Waals surface area contributed by atoms with E-state index < -0.39 is 35.5 Å². The number of halogens is 4. The SMILES string of the molecule is COc1cc(N2C[C@H]3CC[C@@H](C2)C3Nc2nc3n(n2)CCC[C@@H]3Oc2ccc(F)cc2F)cnn1.COc1cc(N2C[C@H]3CC[C@@H](C2)C3Nc2nc3n(n2)CCC[C@H]3Oc2ccc(F)cc2F)cnn1. The maximum Gasteiger partial charge on any atom is 0.242 e. The Bertz CT molecular complexity index is 2600. The monoisotopic (exact) mass is 966 g/mol. The van der Waals surface area contributed by atoms with Crippen molar-refractivity contribution >= 4 is 23.3 Å². The molecule has 0 amide bonds. The van der Waals surface area contributed by atoms with Gasteiger partial charge in [0.2, 0.25) is 23.7 Å². The van der Waals surface area contributed by atoms with Crippen molar-refractivity contribution in [3.63, 3.8) is 0 Å². The molecule has 18 nitrogen and oxygen atoms in total. The van der Waals surface area contributed by atoms with Crippen LogP contribution in [0.3, 0.4) is 0 Å². The third kappa shape index (κ3) is 9.38. The summed E-state index contributed by atoms with van der Waals surface area (Å²) in [6.45, 7) is 5.10. The van der Waals surface area contributed by atoms with Crippen molar-refractivity contribution in [2.45, 2.75) is 88.7 Å². The maximum absolute atomic E-state index is 14.1. The molecule has 4 aliphatic heterocycles. The Kier molecular flexibility index (Phi) is 12.6. The Morgan fingerprint density at radius 1 is 0.543 bits per heavy atom. The van der Waals surface area contributed by atoms with Gasteiger partial charge >= 0.3 is 0 Å². The smallest absolute Gasteiger partial charge is 0.242 e. The van der Waals surface area contributed by atoms with E-state index >= 15 is 0 Å². The van der Waals surface area contributed by atoms with Crippen LogP contribution in [0, 0.1) is 46.9 Å². The minimum atomic E-state index is -0.717. The molecule has 12 rings (SSSR count). The molecule has 6 aliphatic rings. The molecule has 6 aromatic rings. The first kappa shape index (κ1) is 45.4. The van der Waals surface area contributed by atoms with Gasteiger partial charge in [0.05, 0.1) is 38.0 Å². The number of nitrogens with one attached hydrogen (secondary N) is 2. The van der Waals surface area contributed by atoms with Crippen LogP contribution in [0.2, 0.25) is 0 Å². The van der Waals surface area contributed by atoms with Gasteiger partial charge in [-0.1, -0.05) is 0 Å². The molecule has 4 fully saturated rings. The largest absolute Gasteiger partial charge is 0.480 e. The zero-order valence-corrected chi connectivity index (χ0v) is 38.8. The molecular weight excluding hydrogens is 913 g/mol. The van der Waals surface area contributed by atoms with E-state index in [4.69, 9.17) is 28.9 Å². The molecule has 2 aromatic carbocycles. The highest BCUT2D eigenvalue weighted by Crippen LogP contribution is 2.43. The molecule has 2 aliphatic carbocycles. The van der Waals surface area contributed by atoms with Crippen LogP contribution >= 0.6 is 0 Å². The van der Waals surface area contributed by atoms with Crippen LogP contribution in [-0.2, 0) is 13.1 Å². The number of hydrogen-bond donors (Lipinski definition) is 2. The number of rotatable bonds is 12. The minimum absolute atomic E-state index is 0.0232. The summed E-state index contributed by atoms with van der Waals surface area (Å²) in [7, 11) is 3.19. The topological polar surface area (TPSA) is 180 Å². The van der Waals surface area contributed by atoms with Crippen molar-refractivity contribution in [3.05, 3.63) is 95.8 Å². The summed E-state index contributed by atoms with van der Waals surface area (Å²) in [5.74, 6) is 2.69. The van der Waals surface area contributed by atoms with Gasteiger partial charge in [0.25, 0.3) is 0 Å². The fourth-order valence-electron chi connectivity index (χ4n) is 11.3. The summed E-state index contributed by atoms with van der Waals surface area (Å²) in [5, 5.41) is 32.6. The second-order valence-corrected chi connectivity index (χ2v) is 18.9. The second-order valence-electron chi connectivity index (χ2n) is 18.9. The van der Waals surface area contributed by atoms with Gasteiger partial charge in [0.15, 0.2) is 47.0 Å². The lowest BCUT2D eigenvalue weighted by atomic mass is 9.92. The van der Waals surface area contributed by atoms with Gasteiger partial charge < -0.3 is 39.4 Å². The van der Waals surface area contributed by atoms with Crippen LogP contribution in [0.1, 0.15) is 75.2 Å². The molecule has 2 saturated heterocycles. The molecule has 2 saturated carbocycles. The van der Waals surface area contributed by atoms with Gasteiger partial charge in [-0.25, -0.2) is 26.9 Å². The van der Waals surface area contributed by atoms with Crippen molar-refractivity contribution < 1.29 is 36.5 Å². The Hall–Kier alpha value is -7.00. The summed E-state index contributed by atoms with van der Waals surface area (Å²) in [5.41, 5.74) is 2.05. The number of methoxy groups -OCH3 is 2. The lowest BCUT2D eigenvalue weighted by Crippen LogP contribution is -2.48. The highest BCUT2D eigenvalue weighted by atomic mass is 19.1. The van der Waals surface area contributed by atoms with Gasteiger partial charge in [0.1, 0.15) is 11.6 Å². The molecule has 4 aromatic heterocycles. The summed E-state index contributed by atoms with van der Waals surface area (Å²) < 4.78 is 80.7. The predicted molar refractivity (Wildman–Crippen MR) is 247 cm³/mol. The molecule has 22 heteroatoms. The molecule has 368 valence electrons. The lowest BCUT2D eigenvalue weighted by molar-refractivity contribution is 0.149. The van der Waals surface area contributed by atoms with Crippen molar-refractivity contribution in [2.75, 3.05) is 60.8 Å². The van der Waals surface area contributed by atoms with E-state index in [1.54, 1.807) is 26.6 Å². The number of anilines is 4. The first-order valence-corrected chi connectivity index (χ1v) is 24.0. The van der Waals surface area contributed by atoms with Crippen molar-refractivity contribution in [1.29, 1.82) is 0 Å². The average Bonchev–Trinajstić information content (AvgIpc) is 4.10. The molecule has 0 spiro atoms. The molecule has 8 atom stereocenters. The number of nitrogens with zero attached hydrogens (tertiary/aromatic N) is 12. The lowest BCUT2D eigenvalue weighted by Gasteiger charge is -2.39. The van der Waals surface area contributed by atoms with Crippen LogP contribution in [-0.4, -0.2) is 102 Å². The van der Waals surface area contributed by atoms with Crippen molar-refractivity contribution in [1.82, 2.24) is 49.9 Å². The zero-order valence-electron chi connectivity index (χ0n) is 38.8. The first-order valence-electron chi connectivity index (χ1n) is 24.0. The van der Waals surface area contributed by atoms with Gasteiger partial charge in [0, 0.05) is 75.6 Å². The number of hydrogen-bond acceptors (Lipinski definition) is 16. The highest BCUT2D eigenvalue weighted by molar-refractivity contribution is 5.49. The van der Waals surface area contributed by atoms with E-state index in [-0.39, 0.29) is 23.6 Å². The standard InChI is InChI=1S/2C24H27F2N7O2/c2*1-34-21-10-17(11-27-30-21)32-12-14-4-5-15(13-32)22(14)28-24-29-23-20(3-2-8-33(23)31-24)35-19-7-6-16(25)9-18(19)26/h2*6-7,9-11,14-15,20,22H,2-5,8,12-13H2,1H3,(H,28,31)/t2*14-,15+,20-,22?/m10/s1. The Morgan fingerprint density at radius 2 is 0.957 bits per heavy atom. The van der Waals surface area contributed by atoms with E-state index in [0.717, 1.165) is 101 Å². The molecule has 2 N–H and O–H groups in total. The Morgan fingerprint density at radius 3 is 1.34 bits per heavy atom. The molecule has 2 unspecified atom stereocenters. The summed E-state index contributed by atoms with van der Waals surface area (Å²) in [6.07, 6.45) is 10.3. The second kappa shape index (κ2) is 19.4. The normalized spacial score (nSPS) is 25.3. The van der Waals surface area contributed by atoms with Crippen molar-refractivity contribution in [2.24, 2.45) is 23.7 Å². The van der Waals surface area contributed by atoms with Gasteiger partial charge in [-0.15, -0.1) is 20.4 Å². The Labute approximate surface area is 401 Å². The highest BCUT2D eigenvalue weighted by Gasteiger charge is 2.44. The molecular formula is C48H54F4N14O4. The van der Waals surface area contributed by atoms with Gasteiger partial charge in [-0.05, 0) is 99.3 Å². The van der Waals surface area contributed by atoms with E-state index in [2.05, 4.69) is 51.0 Å². The molecule has 70 heavy (non-hydrogen) atoms. The van der Waals surface area contributed by atoms with Crippen LogP contribution in [0.4, 0.5) is 40.8 Å². The number of fused-ring (bicyclic) bond motifs is 6. The average molecular weight is 967 g/mol. The number of benzene rings is 2. The van der Waals surface area contributed by atoms with Crippen LogP contribution in [0.15, 0.2) is 60.9 Å². The molecule has 0 radical (unpaired) electrons. The Balaban J connectivity index is 0.000000152. The number of piperidine rings is 2. The summed E-state index contributed by atoms with van der Waals surface area (Å²) in [4.78, 5) is 14.2. The van der Waals surface area contributed by atoms with Crippen LogP contribution < -0.4 is 39.4 Å². The number of aromatic nitrogens is 10. The first-order chi connectivity index (χ1) is 34.1. The van der Waals surface area contributed by atoms with E-state index in [0.29, 0.717) is 71.8 Å². The van der Waals surface area contributed by atoms with Crippen LogP contribution in [0.5, 0.6) is 23.3 Å². The van der Waals surface area contributed by atoms with E-state index in [1.165, 1.54) is 24.3 Å². The fourth-order valence-corrected chi connectivity index (χ4v) is 11.3. The van der Waals surface area contributed by atoms with Gasteiger partial charge in [-0.3, -0.25) is 0 Å². The molecule has 8 heterocycles. The zero-order chi connectivity index (χ0) is 47.9. The third-order valence-corrected chi connectivity index (χ3v) is 14.6. The van der Waals surface area contributed by atoms with E-state index in [9.17, 15) is 17.6 Å². The van der Waals surface area contributed by atoms with Crippen LogP contribution in [0.25, 0.3) is 0 Å². The summed E-state index contributed by atoms with van der Waals surface area (Å²) in [6, 6.07) is 11.1. The number of aryl methyl sites for hydroxylation is 2. The fraction of sp³-hybridized carbons (Fsp3) is 0.500. The third-order valence-electron chi connectivity index (χ3n) is 14.6. The van der Waals surface area contributed by atoms with E-state index in [1.807, 2.05) is 21.5 Å². The van der Waals surface area contributed by atoms with Gasteiger partial charge in [-0.2, -0.15) is 20.2 Å².